The molecule has 1 aromatic carbocycles. The number of amides is 2. The predicted molar refractivity (Wildman–Crippen MR) is 87.2 cm³/mol. The Labute approximate surface area is 134 Å². The number of carbonyl (C=O) groups excluding carboxylic acids is 2. The number of nitrogens with zero attached hydrogens (tertiary/aromatic N) is 3. The zero-order valence-electron chi connectivity index (χ0n) is 13.1. The second-order valence-electron chi connectivity index (χ2n) is 5.54. The summed E-state index contributed by atoms with van der Waals surface area (Å²) in [5.41, 5.74) is 2.65. The number of aromatic nitrogens is 2. The topological polar surface area (TPSA) is 67.2 Å². The van der Waals surface area contributed by atoms with Crippen molar-refractivity contribution in [3.8, 4) is 0 Å². The lowest BCUT2D eigenvalue weighted by atomic mass is 9.93. The second-order valence-corrected chi connectivity index (χ2v) is 5.54. The smallest absolute Gasteiger partial charge is 0.226 e. The Bertz CT molecular complexity index is 778. The number of hydrogen-bond acceptors (Lipinski definition) is 3. The van der Waals surface area contributed by atoms with Gasteiger partial charge < -0.3 is 10.2 Å². The van der Waals surface area contributed by atoms with E-state index in [-0.39, 0.29) is 24.3 Å². The Morgan fingerprint density at radius 1 is 1.30 bits per heavy atom. The molecule has 1 aliphatic rings. The molecular formula is C17H18N4O2. The first-order chi connectivity index (χ1) is 11.0. The SMILES string of the molecule is CC(=O)N1C=Cc2ccccc2[C@H]1CC(=O)Nc1cnn(C)c1. The van der Waals surface area contributed by atoms with E-state index in [9.17, 15) is 9.59 Å². The van der Waals surface area contributed by atoms with E-state index in [1.54, 1.807) is 35.2 Å². The summed E-state index contributed by atoms with van der Waals surface area (Å²) in [6, 6.07) is 7.50. The number of fused-ring (bicyclic) bond motifs is 1. The quantitative estimate of drug-likeness (QED) is 0.946. The molecule has 0 saturated heterocycles. The van der Waals surface area contributed by atoms with Crippen LogP contribution in [0, 0.1) is 0 Å². The van der Waals surface area contributed by atoms with Crippen LogP contribution < -0.4 is 5.32 Å². The molecule has 2 heterocycles. The molecule has 1 aromatic heterocycles. The largest absolute Gasteiger partial charge is 0.323 e. The average molecular weight is 310 g/mol. The van der Waals surface area contributed by atoms with Crippen molar-refractivity contribution >= 4 is 23.6 Å². The van der Waals surface area contributed by atoms with Gasteiger partial charge in [0.2, 0.25) is 11.8 Å². The van der Waals surface area contributed by atoms with Crippen LogP contribution in [-0.2, 0) is 16.6 Å². The van der Waals surface area contributed by atoms with Crippen LogP contribution in [0.25, 0.3) is 6.08 Å². The van der Waals surface area contributed by atoms with Gasteiger partial charge in [-0.15, -0.1) is 0 Å². The molecule has 2 aromatic rings. The number of nitrogens with one attached hydrogen (secondary N) is 1. The lowest BCUT2D eigenvalue weighted by molar-refractivity contribution is -0.129. The summed E-state index contributed by atoms with van der Waals surface area (Å²) >= 11 is 0. The number of carbonyl (C=O) groups is 2. The van der Waals surface area contributed by atoms with Crippen molar-refractivity contribution < 1.29 is 9.59 Å². The highest BCUT2D eigenvalue weighted by atomic mass is 16.2. The minimum Gasteiger partial charge on any atom is -0.323 e. The normalized spacial score (nSPS) is 16.1. The molecule has 2 amide bonds. The molecule has 6 heteroatoms. The summed E-state index contributed by atoms with van der Waals surface area (Å²) in [5, 5.41) is 6.84. The van der Waals surface area contributed by atoms with Crippen molar-refractivity contribution in [2.45, 2.75) is 19.4 Å². The molecule has 3 rings (SSSR count). The van der Waals surface area contributed by atoms with Gasteiger partial charge in [0.1, 0.15) is 0 Å². The third kappa shape index (κ3) is 3.15. The first kappa shape index (κ1) is 15.0. The van der Waals surface area contributed by atoms with E-state index in [4.69, 9.17) is 0 Å². The molecule has 1 N–H and O–H groups in total. The maximum Gasteiger partial charge on any atom is 0.226 e. The van der Waals surface area contributed by atoms with Crippen molar-refractivity contribution in [1.82, 2.24) is 14.7 Å². The summed E-state index contributed by atoms with van der Waals surface area (Å²) in [4.78, 5) is 25.9. The lowest BCUT2D eigenvalue weighted by Crippen LogP contribution is -2.33. The Balaban J connectivity index is 1.81. The average Bonchev–Trinajstić information content (AvgIpc) is 2.92. The molecule has 23 heavy (non-hydrogen) atoms. The van der Waals surface area contributed by atoms with Gasteiger partial charge in [-0.25, -0.2) is 0 Å². The standard InChI is InChI=1S/C17H18N4O2/c1-12(22)21-8-7-13-5-3-4-6-15(13)16(21)9-17(23)19-14-10-18-20(2)11-14/h3-8,10-11,16H,9H2,1-2H3,(H,19,23)/t16-/m1/s1. The van der Waals surface area contributed by atoms with Crippen LogP contribution in [0.3, 0.4) is 0 Å². The fraction of sp³-hybridized carbons (Fsp3) is 0.235. The zero-order valence-corrected chi connectivity index (χ0v) is 13.1. The Morgan fingerprint density at radius 2 is 2.09 bits per heavy atom. The molecule has 0 saturated carbocycles. The lowest BCUT2D eigenvalue weighted by Gasteiger charge is -2.32. The molecule has 0 fully saturated rings. The second kappa shape index (κ2) is 6.08. The molecular weight excluding hydrogens is 292 g/mol. The van der Waals surface area contributed by atoms with Gasteiger partial charge in [-0.2, -0.15) is 5.10 Å². The summed E-state index contributed by atoms with van der Waals surface area (Å²) in [6.45, 7) is 1.50. The van der Waals surface area contributed by atoms with Crippen LogP contribution in [0.1, 0.15) is 30.5 Å². The minimum atomic E-state index is -0.301. The minimum absolute atomic E-state index is 0.0880. The molecule has 0 unspecified atom stereocenters. The number of rotatable bonds is 3. The van der Waals surface area contributed by atoms with Crippen LogP contribution in [0.2, 0.25) is 0 Å². The number of aryl methyl sites for hydroxylation is 1. The van der Waals surface area contributed by atoms with Crippen LogP contribution in [0.4, 0.5) is 5.69 Å². The monoisotopic (exact) mass is 310 g/mol. The fourth-order valence-corrected chi connectivity index (χ4v) is 2.79. The first-order valence-corrected chi connectivity index (χ1v) is 7.39. The van der Waals surface area contributed by atoms with Gasteiger partial charge in [0, 0.05) is 26.4 Å². The number of hydrogen-bond donors (Lipinski definition) is 1. The van der Waals surface area contributed by atoms with Gasteiger partial charge in [-0.05, 0) is 17.2 Å². The maximum atomic E-state index is 12.4. The van der Waals surface area contributed by atoms with Gasteiger partial charge in [0.25, 0.3) is 0 Å². The molecule has 6 nitrogen and oxygen atoms in total. The van der Waals surface area contributed by atoms with Crippen LogP contribution in [-0.4, -0.2) is 26.5 Å². The molecule has 118 valence electrons. The highest BCUT2D eigenvalue weighted by Crippen LogP contribution is 2.33. The van der Waals surface area contributed by atoms with Crippen molar-refractivity contribution in [3.63, 3.8) is 0 Å². The maximum absolute atomic E-state index is 12.4. The summed E-state index contributed by atoms with van der Waals surface area (Å²) in [6.07, 6.45) is 7.15. The van der Waals surface area contributed by atoms with E-state index in [2.05, 4.69) is 10.4 Å². The summed E-state index contributed by atoms with van der Waals surface area (Å²) in [5.74, 6) is -0.241. The fourth-order valence-electron chi connectivity index (χ4n) is 2.79. The van der Waals surface area contributed by atoms with Crippen molar-refractivity contribution in [2.24, 2.45) is 7.05 Å². The Hall–Kier alpha value is -2.89. The molecule has 0 bridgehead atoms. The van der Waals surface area contributed by atoms with Crippen LogP contribution in [0.5, 0.6) is 0 Å². The number of benzene rings is 1. The van der Waals surface area contributed by atoms with Crippen LogP contribution >= 0.6 is 0 Å². The van der Waals surface area contributed by atoms with Gasteiger partial charge in [-0.1, -0.05) is 24.3 Å². The molecule has 0 radical (unpaired) electrons. The predicted octanol–water partition coefficient (Wildman–Crippen LogP) is 2.32. The van der Waals surface area contributed by atoms with E-state index in [0.29, 0.717) is 5.69 Å². The molecule has 0 aliphatic carbocycles. The van der Waals surface area contributed by atoms with Crippen molar-refractivity contribution in [2.75, 3.05) is 5.32 Å². The van der Waals surface area contributed by atoms with Crippen molar-refractivity contribution in [3.05, 3.63) is 54.0 Å². The van der Waals surface area contributed by atoms with Crippen LogP contribution in [0.15, 0.2) is 42.9 Å². The highest BCUT2D eigenvalue weighted by Gasteiger charge is 2.28. The first-order valence-electron chi connectivity index (χ1n) is 7.39. The van der Waals surface area contributed by atoms with E-state index in [1.807, 2.05) is 30.3 Å². The third-order valence-corrected chi connectivity index (χ3v) is 3.84. The zero-order chi connectivity index (χ0) is 16.4. The van der Waals surface area contributed by atoms with Gasteiger partial charge in [-0.3, -0.25) is 14.3 Å². The van der Waals surface area contributed by atoms with E-state index in [0.717, 1.165) is 11.1 Å². The molecule has 1 atom stereocenters. The van der Waals surface area contributed by atoms with Crippen molar-refractivity contribution in [1.29, 1.82) is 0 Å². The van der Waals surface area contributed by atoms with Gasteiger partial charge in [0.15, 0.2) is 0 Å². The van der Waals surface area contributed by atoms with Gasteiger partial charge in [0.05, 0.1) is 24.3 Å². The Kier molecular flexibility index (Phi) is 3.97. The van der Waals surface area contributed by atoms with E-state index < -0.39 is 0 Å². The van der Waals surface area contributed by atoms with E-state index >= 15 is 0 Å². The Morgan fingerprint density at radius 3 is 2.78 bits per heavy atom. The molecule has 0 spiro atoms. The highest BCUT2D eigenvalue weighted by molar-refractivity contribution is 5.91. The number of anilines is 1. The third-order valence-electron chi connectivity index (χ3n) is 3.84. The molecule has 1 aliphatic heterocycles. The van der Waals surface area contributed by atoms with Gasteiger partial charge >= 0.3 is 0 Å². The summed E-state index contributed by atoms with van der Waals surface area (Å²) in [7, 11) is 1.79. The van der Waals surface area contributed by atoms with E-state index in [1.165, 1.54) is 6.92 Å². The summed E-state index contributed by atoms with van der Waals surface area (Å²) < 4.78 is 1.62.